The molecule has 3 aromatic rings. The van der Waals surface area contributed by atoms with E-state index in [1.807, 2.05) is 6.07 Å². The molecule has 0 aliphatic rings. The van der Waals surface area contributed by atoms with Crippen LogP contribution in [0.25, 0.3) is 10.9 Å². The van der Waals surface area contributed by atoms with E-state index < -0.39 is 17.4 Å². The maximum Gasteiger partial charge on any atom is 0.351 e. The fourth-order valence-corrected chi connectivity index (χ4v) is 2.63. The standard InChI is InChI=1S/C17H14ClF2N3O/c18-13-3-4-15-14(8-13)11(9-23-15)5-7-22-16(24)17(19,20)12-2-1-6-21-10-12/h1-4,6,8-10,23H,5,7H2,(H,22,24). The number of benzene rings is 1. The Bertz CT molecular complexity index is 865. The van der Waals surface area contributed by atoms with Crippen molar-refractivity contribution in [2.45, 2.75) is 12.3 Å². The summed E-state index contributed by atoms with van der Waals surface area (Å²) in [7, 11) is 0. The molecule has 1 amide bonds. The molecule has 0 aliphatic carbocycles. The van der Waals surface area contributed by atoms with Crippen LogP contribution in [0.3, 0.4) is 0 Å². The Kier molecular flexibility index (Phi) is 4.49. The first-order valence-electron chi connectivity index (χ1n) is 7.30. The van der Waals surface area contributed by atoms with E-state index >= 15 is 0 Å². The average molecular weight is 350 g/mol. The zero-order valence-corrected chi connectivity index (χ0v) is 13.3. The molecular weight excluding hydrogens is 336 g/mol. The lowest BCUT2D eigenvalue weighted by molar-refractivity contribution is -0.147. The van der Waals surface area contributed by atoms with Gasteiger partial charge in [0.25, 0.3) is 5.91 Å². The predicted octanol–water partition coefficient (Wildman–Crippen LogP) is 3.67. The molecule has 0 aliphatic heterocycles. The summed E-state index contributed by atoms with van der Waals surface area (Å²) in [5.74, 6) is -4.95. The number of nitrogens with zero attached hydrogens (tertiary/aromatic N) is 1. The number of nitrogens with one attached hydrogen (secondary N) is 2. The van der Waals surface area contributed by atoms with Gasteiger partial charge in [0.15, 0.2) is 0 Å². The number of carbonyl (C=O) groups is 1. The molecule has 0 saturated heterocycles. The largest absolute Gasteiger partial charge is 0.361 e. The highest BCUT2D eigenvalue weighted by Crippen LogP contribution is 2.27. The number of carbonyl (C=O) groups excluding carboxylic acids is 1. The van der Waals surface area contributed by atoms with Crippen LogP contribution in [0.15, 0.2) is 48.9 Å². The lowest BCUT2D eigenvalue weighted by Crippen LogP contribution is -2.39. The summed E-state index contributed by atoms with van der Waals surface area (Å²) in [6, 6.07) is 7.95. The van der Waals surface area contributed by atoms with E-state index in [1.165, 1.54) is 18.3 Å². The zero-order chi connectivity index (χ0) is 17.2. The first kappa shape index (κ1) is 16.4. The minimum atomic E-state index is -3.61. The van der Waals surface area contributed by atoms with Crippen molar-refractivity contribution in [3.8, 4) is 0 Å². The number of halogens is 3. The molecule has 4 nitrogen and oxygen atoms in total. The van der Waals surface area contributed by atoms with Gasteiger partial charge in [-0.3, -0.25) is 9.78 Å². The fourth-order valence-electron chi connectivity index (χ4n) is 2.46. The number of fused-ring (bicyclic) bond motifs is 1. The summed E-state index contributed by atoms with van der Waals surface area (Å²) < 4.78 is 28.1. The first-order valence-corrected chi connectivity index (χ1v) is 7.68. The highest BCUT2D eigenvalue weighted by molar-refractivity contribution is 6.31. The lowest BCUT2D eigenvalue weighted by Gasteiger charge is -2.15. The van der Waals surface area contributed by atoms with E-state index in [-0.39, 0.29) is 6.54 Å². The van der Waals surface area contributed by atoms with E-state index in [1.54, 1.807) is 18.3 Å². The highest BCUT2D eigenvalue weighted by Gasteiger charge is 2.40. The van der Waals surface area contributed by atoms with Crippen LogP contribution in [0.2, 0.25) is 5.02 Å². The zero-order valence-electron chi connectivity index (χ0n) is 12.5. The van der Waals surface area contributed by atoms with Crippen molar-refractivity contribution in [2.24, 2.45) is 0 Å². The van der Waals surface area contributed by atoms with Crippen molar-refractivity contribution in [1.29, 1.82) is 0 Å². The third kappa shape index (κ3) is 3.23. The van der Waals surface area contributed by atoms with Gasteiger partial charge in [0.1, 0.15) is 0 Å². The van der Waals surface area contributed by atoms with E-state index in [9.17, 15) is 13.6 Å². The van der Waals surface area contributed by atoms with E-state index in [4.69, 9.17) is 11.6 Å². The van der Waals surface area contributed by atoms with Crippen molar-refractivity contribution in [3.05, 3.63) is 65.1 Å². The molecule has 0 atom stereocenters. The van der Waals surface area contributed by atoms with Crippen molar-refractivity contribution in [3.63, 3.8) is 0 Å². The van der Waals surface area contributed by atoms with Gasteiger partial charge in [-0.05, 0) is 42.3 Å². The molecule has 1 aromatic carbocycles. The number of amides is 1. The highest BCUT2D eigenvalue weighted by atomic mass is 35.5. The molecule has 0 radical (unpaired) electrons. The number of aromatic amines is 1. The van der Waals surface area contributed by atoms with Crippen molar-refractivity contribution >= 4 is 28.4 Å². The molecule has 124 valence electrons. The minimum Gasteiger partial charge on any atom is -0.361 e. The summed E-state index contributed by atoms with van der Waals surface area (Å²) >= 11 is 5.97. The second-order valence-corrected chi connectivity index (χ2v) is 5.76. The summed E-state index contributed by atoms with van der Waals surface area (Å²) in [6.07, 6.45) is 4.56. The normalized spacial score (nSPS) is 11.6. The van der Waals surface area contributed by atoms with Gasteiger partial charge in [0, 0.05) is 46.6 Å². The Morgan fingerprint density at radius 1 is 1.33 bits per heavy atom. The Morgan fingerprint density at radius 2 is 2.17 bits per heavy atom. The van der Waals surface area contributed by atoms with Crippen LogP contribution in [-0.4, -0.2) is 22.4 Å². The van der Waals surface area contributed by atoms with Gasteiger partial charge < -0.3 is 10.3 Å². The molecule has 0 spiro atoms. The first-order chi connectivity index (χ1) is 11.5. The molecule has 24 heavy (non-hydrogen) atoms. The summed E-state index contributed by atoms with van der Waals surface area (Å²) in [5.41, 5.74) is 1.38. The molecule has 2 N–H and O–H groups in total. The van der Waals surface area contributed by atoms with E-state index in [0.29, 0.717) is 11.4 Å². The number of hydrogen-bond acceptors (Lipinski definition) is 2. The summed E-state index contributed by atoms with van der Waals surface area (Å²) in [6.45, 7) is 0.0914. The quantitative estimate of drug-likeness (QED) is 0.738. The van der Waals surface area contributed by atoms with Crippen LogP contribution in [0.5, 0.6) is 0 Å². The van der Waals surface area contributed by atoms with Crippen LogP contribution in [0.1, 0.15) is 11.1 Å². The maximum absolute atomic E-state index is 14.0. The van der Waals surface area contributed by atoms with Gasteiger partial charge in [0.05, 0.1) is 0 Å². The lowest BCUT2D eigenvalue weighted by atomic mass is 10.1. The molecule has 0 fully saturated rings. The van der Waals surface area contributed by atoms with Crippen molar-refractivity contribution in [2.75, 3.05) is 6.54 Å². The number of aromatic nitrogens is 2. The molecule has 0 unspecified atom stereocenters. The second-order valence-electron chi connectivity index (χ2n) is 5.33. The van der Waals surface area contributed by atoms with Crippen molar-refractivity contribution < 1.29 is 13.6 Å². The van der Waals surface area contributed by atoms with Gasteiger partial charge in [0.2, 0.25) is 0 Å². The van der Waals surface area contributed by atoms with Gasteiger partial charge in [-0.1, -0.05) is 11.6 Å². The van der Waals surface area contributed by atoms with Gasteiger partial charge >= 0.3 is 5.92 Å². The third-order valence-corrected chi connectivity index (χ3v) is 3.95. The second kappa shape index (κ2) is 6.57. The van der Waals surface area contributed by atoms with Crippen LogP contribution in [0.4, 0.5) is 8.78 Å². The molecular formula is C17H14ClF2N3O. The van der Waals surface area contributed by atoms with Crippen LogP contribution in [0, 0.1) is 0 Å². The molecule has 7 heteroatoms. The molecule has 0 saturated carbocycles. The van der Waals surface area contributed by atoms with E-state index in [0.717, 1.165) is 22.7 Å². The Hall–Kier alpha value is -2.47. The molecule has 3 rings (SSSR count). The van der Waals surface area contributed by atoms with Gasteiger partial charge in [-0.25, -0.2) is 0 Å². The maximum atomic E-state index is 14.0. The van der Waals surface area contributed by atoms with Gasteiger partial charge in [-0.2, -0.15) is 8.78 Å². The monoisotopic (exact) mass is 349 g/mol. The number of alkyl halides is 2. The molecule has 2 aromatic heterocycles. The SMILES string of the molecule is O=C(NCCc1c[nH]c2ccc(Cl)cc12)C(F)(F)c1cccnc1. The topological polar surface area (TPSA) is 57.8 Å². The summed E-state index contributed by atoms with van der Waals surface area (Å²) in [4.78, 5) is 18.5. The van der Waals surface area contributed by atoms with E-state index in [2.05, 4.69) is 15.3 Å². The number of rotatable bonds is 5. The van der Waals surface area contributed by atoms with Gasteiger partial charge in [-0.15, -0.1) is 0 Å². The number of hydrogen-bond donors (Lipinski definition) is 2. The van der Waals surface area contributed by atoms with Crippen LogP contribution >= 0.6 is 11.6 Å². The number of pyridine rings is 1. The predicted molar refractivity (Wildman–Crippen MR) is 88.2 cm³/mol. The Morgan fingerprint density at radius 3 is 2.92 bits per heavy atom. The summed E-state index contributed by atoms with van der Waals surface area (Å²) in [5, 5.41) is 3.78. The van der Waals surface area contributed by atoms with Crippen LogP contribution in [-0.2, 0) is 17.1 Å². The smallest absolute Gasteiger partial charge is 0.351 e. The fraction of sp³-hybridized carbons (Fsp3) is 0.176. The Balaban J connectivity index is 1.65. The number of H-pyrrole nitrogens is 1. The van der Waals surface area contributed by atoms with Crippen molar-refractivity contribution in [1.82, 2.24) is 15.3 Å². The Labute approximate surface area is 141 Å². The third-order valence-electron chi connectivity index (χ3n) is 3.72. The minimum absolute atomic E-state index is 0.0914. The average Bonchev–Trinajstić information content (AvgIpc) is 2.98. The van der Waals surface area contributed by atoms with Crippen LogP contribution < -0.4 is 5.32 Å². The molecule has 2 heterocycles. The molecule has 0 bridgehead atoms.